The van der Waals surface area contributed by atoms with Crippen molar-refractivity contribution in [3.63, 3.8) is 0 Å². The molecule has 1 aromatic rings. The fourth-order valence-corrected chi connectivity index (χ4v) is 1.65. The Labute approximate surface area is 110 Å². The molecule has 0 atom stereocenters. The van der Waals surface area contributed by atoms with Crippen LogP contribution in [-0.2, 0) is 11.0 Å². The SMILES string of the molecule is CCCCN(C(=O)CN)c1ccc(C(F)(F)F)cc1. The van der Waals surface area contributed by atoms with Crippen molar-refractivity contribution >= 4 is 11.6 Å². The van der Waals surface area contributed by atoms with E-state index in [0.717, 1.165) is 25.0 Å². The third kappa shape index (κ3) is 4.24. The van der Waals surface area contributed by atoms with Crippen LogP contribution in [-0.4, -0.2) is 19.0 Å². The number of nitrogens with two attached hydrogens (primary N) is 1. The quantitative estimate of drug-likeness (QED) is 0.897. The van der Waals surface area contributed by atoms with Crippen LogP contribution in [0.15, 0.2) is 24.3 Å². The molecular formula is C13H17F3N2O. The lowest BCUT2D eigenvalue weighted by molar-refractivity contribution is -0.137. The standard InChI is InChI=1S/C13H17F3N2O/c1-2-3-8-18(12(19)9-17)11-6-4-10(5-7-11)13(14,15)16/h4-7H,2-3,8-9,17H2,1H3. The summed E-state index contributed by atoms with van der Waals surface area (Å²) in [6.45, 7) is 2.26. The number of benzene rings is 1. The van der Waals surface area contributed by atoms with Crippen molar-refractivity contribution in [3.05, 3.63) is 29.8 Å². The Morgan fingerprint density at radius 2 is 1.84 bits per heavy atom. The fourth-order valence-electron chi connectivity index (χ4n) is 1.65. The molecule has 19 heavy (non-hydrogen) atoms. The largest absolute Gasteiger partial charge is 0.416 e. The predicted molar refractivity (Wildman–Crippen MR) is 67.8 cm³/mol. The highest BCUT2D eigenvalue weighted by atomic mass is 19.4. The number of alkyl halides is 3. The molecule has 2 N–H and O–H groups in total. The number of unbranched alkanes of at least 4 members (excludes halogenated alkanes) is 1. The summed E-state index contributed by atoms with van der Waals surface area (Å²) in [5, 5.41) is 0. The topological polar surface area (TPSA) is 46.3 Å². The van der Waals surface area contributed by atoms with Gasteiger partial charge in [0.15, 0.2) is 0 Å². The maximum Gasteiger partial charge on any atom is 0.416 e. The van der Waals surface area contributed by atoms with Crippen LogP contribution >= 0.6 is 0 Å². The highest BCUT2D eigenvalue weighted by Crippen LogP contribution is 2.30. The number of amides is 1. The van der Waals surface area contributed by atoms with Gasteiger partial charge in [0.1, 0.15) is 0 Å². The van der Waals surface area contributed by atoms with Gasteiger partial charge in [-0.15, -0.1) is 0 Å². The van der Waals surface area contributed by atoms with Crippen molar-refractivity contribution in [2.24, 2.45) is 5.73 Å². The first kappa shape index (κ1) is 15.5. The Balaban J connectivity index is 2.93. The lowest BCUT2D eigenvalue weighted by Crippen LogP contribution is -2.36. The molecule has 0 fully saturated rings. The minimum atomic E-state index is -4.37. The summed E-state index contributed by atoms with van der Waals surface area (Å²) in [4.78, 5) is 13.1. The summed E-state index contributed by atoms with van der Waals surface area (Å²) in [6.07, 6.45) is -2.72. The molecule has 0 radical (unpaired) electrons. The highest BCUT2D eigenvalue weighted by molar-refractivity contribution is 5.94. The molecule has 0 spiro atoms. The second-order valence-electron chi connectivity index (χ2n) is 4.15. The van der Waals surface area contributed by atoms with Gasteiger partial charge in [0, 0.05) is 12.2 Å². The predicted octanol–water partition coefficient (Wildman–Crippen LogP) is 2.80. The summed E-state index contributed by atoms with van der Waals surface area (Å²) in [6, 6.07) is 4.54. The van der Waals surface area contributed by atoms with E-state index in [0.29, 0.717) is 12.2 Å². The summed E-state index contributed by atoms with van der Waals surface area (Å²) >= 11 is 0. The third-order valence-corrected chi connectivity index (χ3v) is 2.72. The maximum absolute atomic E-state index is 12.4. The van der Waals surface area contributed by atoms with Gasteiger partial charge in [-0.25, -0.2) is 0 Å². The molecule has 0 heterocycles. The molecule has 106 valence electrons. The number of anilines is 1. The monoisotopic (exact) mass is 274 g/mol. The molecule has 0 aliphatic rings. The Bertz CT molecular complexity index is 415. The van der Waals surface area contributed by atoms with Gasteiger partial charge >= 0.3 is 6.18 Å². The van der Waals surface area contributed by atoms with Gasteiger partial charge in [-0.2, -0.15) is 13.2 Å². The third-order valence-electron chi connectivity index (χ3n) is 2.72. The van der Waals surface area contributed by atoms with Gasteiger partial charge in [0.25, 0.3) is 0 Å². The number of rotatable bonds is 5. The first-order valence-corrected chi connectivity index (χ1v) is 6.07. The van der Waals surface area contributed by atoms with E-state index in [9.17, 15) is 18.0 Å². The lowest BCUT2D eigenvalue weighted by atomic mass is 10.1. The van der Waals surface area contributed by atoms with Gasteiger partial charge in [-0.05, 0) is 30.7 Å². The molecule has 1 rings (SSSR count). The molecule has 1 amide bonds. The summed E-state index contributed by atoms with van der Waals surface area (Å²) in [5.74, 6) is -0.298. The molecule has 0 aliphatic heterocycles. The molecule has 0 saturated heterocycles. The van der Waals surface area contributed by atoms with Gasteiger partial charge in [-0.3, -0.25) is 4.79 Å². The Morgan fingerprint density at radius 3 is 2.26 bits per heavy atom. The van der Waals surface area contributed by atoms with Crippen LogP contribution in [0.3, 0.4) is 0 Å². The van der Waals surface area contributed by atoms with Crippen LogP contribution < -0.4 is 10.6 Å². The Kier molecular flexibility index (Phi) is 5.35. The lowest BCUT2D eigenvalue weighted by Gasteiger charge is -2.22. The molecule has 0 bridgehead atoms. The zero-order valence-corrected chi connectivity index (χ0v) is 10.7. The first-order chi connectivity index (χ1) is 8.90. The molecule has 0 aliphatic carbocycles. The maximum atomic E-state index is 12.4. The summed E-state index contributed by atoms with van der Waals surface area (Å²) in [7, 11) is 0. The van der Waals surface area contributed by atoms with Crippen LogP contribution in [0.2, 0.25) is 0 Å². The number of halogens is 3. The van der Waals surface area contributed by atoms with Gasteiger partial charge < -0.3 is 10.6 Å². The summed E-state index contributed by atoms with van der Waals surface area (Å²) < 4.78 is 37.3. The van der Waals surface area contributed by atoms with Crippen molar-refractivity contribution in [2.75, 3.05) is 18.0 Å². The molecule has 6 heteroatoms. The first-order valence-electron chi connectivity index (χ1n) is 6.07. The normalized spacial score (nSPS) is 11.4. The average Bonchev–Trinajstić information content (AvgIpc) is 2.38. The molecule has 0 aromatic heterocycles. The van der Waals surface area contributed by atoms with E-state index in [1.54, 1.807) is 0 Å². The number of carbonyl (C=O) groups excluding carboxylic acids is 1. The Hall–Kier alpha value is -1.56. The highest BCUT2D eigenvalue weighted by Gasteiger charge is 2.30. The van der Waals surface area contributed by atoms with E-state index in [2.05, 4.69) is 0 Å². The smallest absolute Gasteiger partial charge is 0.322 e. The molecule has 1 aromatic carbocycles. The number of hydrogen-bond donors (Lipinski definition) is 1. The summed E-state index contributed by atoms with van der Waals surface area (Å²) in [5.41, 5.74) is 5.02. The van der Waals surface area contributed by atoms with Gasteiger partial charge in [0.2, 0.25) is 5.91 Å². The minimum absolute atomic E-state index is 0.162. The van der Waals surface area contributed by atoms with E-state index >= 15 is 0 Å². The van der Waals surface area contributed by atoms with Crippen LogP contribution in [0.5, 0.6) is 0 Å². The molecule has 0 unspecified atom stereocenters. The van der Waals surface area contributed by atoms with Crippen molar-refractivity contribution in [1.82, 2.24) is 0 Å². The molecule has 3 nitrogen and oxygen atoms in total. The van der Waals surface area contributed by atoms with Gasteiger partial charge in [0.05, 0.1) is 12.1 Å². The van der Waals surface area contributed by atoms with E-state index in [1.165, 1.54) is 17.0 Å². The number of nitrogens with zero attached hydrogens (tertiary/aromatic N) is 1. The van der Waals surface area contributed by atoms with E-state index in [4.69, 9.17) is 5.73 Å². The fraction of sp³-hybridized carbons (Fsp3) is 0.462. The molecule has 0 saturated carbocycles. The van der Waals surface area contributed by atoms with Crippen molar-refractivity contribution in [3.8, 4) is 0 Å². The van der Waals surface area contributed by atoms with Gasteiger partial charge in [-0.1, -0.05) is 13.3 Å². The zero-order valence-electron chi connectivity index (χ0n) is 10.7. The van der Waals surface area contributed by atoms with Crippen molar-refractivity contribution in [1.29, 1.82) is 0 Å². The van der Waals surface area contributed by atoms with Crippen molar-refractivity contribution < 1.29 is 18.0 Å². The second-order valence-corrected chi connectivity index (χ2v) is 4.15. The Morgan fingerprint density at radius 1 is 1.26 bits per heavy atom. The van der Waals surface area contributed by atoms with Crippen LogP contribution in [0.25, 0.3) is 0 Å². The van der Waals surface area contributed by atoms with Crippen LogP contribution in [0, 0.1) is 0 Å². The number of hydrogen-bond acceptors (Lipinski definition) is 2. The number of carbonyl (C=O) groups is 1. The van der Waals surface area contributed by atoms with Crippen LogP contribution in [0.1, 0.15) is 25.3 Å². The zero-order chi connectivity index (χ0) is 14.5. The van der Waals surface area contributed by atoms with Crippen LogP contribution in [0.4, 0.5) is 18.9 Å². The van der Waals surface area contributed by atoms with Crippen molar-refractivity contribution in [2.45, 2.75) is 25.9 Å². The van der Waals surface area contributed by atoms with E-state index in [-0.39, 0.29) is 12.5 Å². The second kappa shape index (κ2) is 6.56. The van der Waals surface area contributed by atoms with E-state index in [1.807, 2.05) is 6.92 Å². The minimum Gasteiger partial charge on any atom is -0.322 e. The molecular weight excluding hydrogens is 257 g/mol. The van der Waals surface area contributed by atoms with E-state index < -0.39 is 11.7 Å². The average molecular weight is 274 g/mol.